The predicted molar refractivity (Wildman–Crippen MR) is 181 cm³/mol. The highest BCUT2D eigenvalue weighted by Crippen LogP contribution is 2.14. The zero-order valence-electron chi connectivity index (χ0n) is 26.4. The first-order chi connectivity index (χ1) is 21.5. The van der Waals surface area contributed by atoms with Gasteiger partial charge in [0, 0.05) is 47.7 Å². The highest BCUT2D eigenvalue weighted by atomic mass is 16.2. The summed E-state index contributed by atoms with van der Waals surface area (Å²) in [5, 5.41) is 18.4. The molecule has 10 nitrogen and oxygen atoms in total. The molecule has 4 rings (SSSR count). The Labute approximate surface area is 262 Å². The van der Waals surface area contributed by atoms with Crippen molar-refractivity contribution in [1.29, 1.82) is 0 Å². The van der Waals surface area contributed by atoms with Gasteiger partial charge in [-0.15, -0.1) is 0 Å². The Morgan fingerprint density at radius 2 is 0.932 bits per heavy atom. The summed E-state index contributed by atoms with van der Waals surface area (Å²) < 4.78 is 0. The van der Waals surface area contributed by atoms with Crippen molar-refractivity contribution in [3.8, 4) is 0 Å². The molecule has 238 valence electrons. The Morgan fingerprint density at radius 1 is 0.591 bits per heavy atom. The first-order valence-corrected chi connectivity index (χ1v) is 16.4. The van der Waals surface area contributed by atoms with Crippen LogP contribution in [0.5, 0.6) is 0 Å². The molecule has 0 saturated carbocycles. The van der Waals surface area contributed by atoms with E-state index in [9.17, 15) is 9.59 Å². The summed E-state index contributed by atoms with van der Waals surface area (Å²) in [6, 6.07) is 16.0. The lowest BCUT2D eigenvalue weighted by Crippen LogP contribution is -2.29. The van der Waals surface area contributed by atoms with Gasteiger partial charge in [0.25, 0.3) is 0 Å². The molecule has 2 heterocycles. The van der Waals surface area contributed by atoms with Crippen molar-refractivity contribution < 1.29 is 9.59 Å². The molecule has 2 aromatic carbocycles. The van der Waals surface area contributed by atoms with E-state index >= 15 is 0 Å². The smallest absolute Gasteiger partial charge is 0.319 e. The quantitative estimate of drug-likeness (QED) is 0.124. The highest BCUT2D eigenvalue weighted by molar-refractivity contribution is 6.01. The summed E-state index contributed by atoms with van der Waals surface area (Å²) in [4.78, 5) is 33.3. The van der Waals surface area contributed by atoms with Crippen LogP contribution in [0.4, 0.5) is 21.0 Å². The third-order valence-electron chi connectivity index (χ3n) is 7.82. The fourth-order valence-corrected chi connectivity index (χ4v) is 5.30. The second-order valence-electron chi connectivity index (χ2n) is 11.9. The maximum Gasteiger partial charge on any atom is 0.319 e. The number of amides is 4. The van der Waals surface area contributed by atoms with E-state index in [2.05, 4.69) is 55.7 Å². The van der Waals surface area contributed by atoms with E-state index < -0.39 is 0 Å². The summed E-state index contributed by atoms with van der Waals surface area (Å²) in [6.45, 7) is 7.19. The molecule has 2 atom stereocenters. The number of hydrogen-bond acceptors (Lipinski definition) is 6. The van der Waals surface area contributed by atoms with Crippen molar-refractivity contribution in [1.82, 2.24) is 21.3 Å². The second-order valence-corrected chi connectivity index (χ2v) is 11.9. The van der Waals surface area contributed by atoms with E-state index in [0.717, 1.165) is 72.9 Å². The number of unbranched alkanes of at least 4 members (excludes halogenated alkanes) is 9. The number of benzene rings is 2. The van der Waals surface area contributed by atoms with Crippen LogP contribution in [-0.4, -0.2) is 62.0 Å². The minimum atomic E-state index is -0.161. The molecule has 10 heteroatoms. The minimum absolute atomic E-state index is 0.161. The molecule has 0 aliphatic carbocycles. The van der Waals surface area contributed by atoms with Crippen molar-refractivity contribution in [2.24, 2.45) is 9.98 Å². The van der Waals surface area contributed by atoms with Gasteiger partial charge in [-0.25, -0.2) is 9.59 Å². The van der Waals surface area contributed by atoms with E-state index in [0.29, 0.717) is 25.2 Å². The van der Waals surface area contributed by atoms with Crippen LogP contribution in [0.25, 0.3) is 0 Å². The number of amidine groups is 2. The lowest BCUT2D eigenvalue weighted by Gasteiger charge is -2.10. The van der Waals surface area contributed by atoms with E-state index in [1.807, 2.05) is 48.5 Å². The number of hydrogen-bond donors (Lipinski definition) is 6. The summed E-state index contributed by atoms with van der Waals surface area (Å²) in [6.07, 6.45) is 11.6. The van der Waals surface area contributed by atoms with Gasteiger partial charge < -0.3 is 31.9 Å². The van der Waals surface area contributed by atoms with E-state index in [-0.39, 0.29) is 12.1 Å². The van der Waals surface area contributed by atoms with E-state index in [1.165, 1.54) is 38.5 Å². The molecule has 0 radical (unpaired) electrons. The molecule has 6 N–H and O–H groups in total. The lowest BCUT2D eigenvalue weighted by molar-refractivity contribution is 0.251. The Kier molecular flexibility index (Phi) is 13.4. The second kappa shape index (κ2) is 17.9. The Bertz CT molecular complexity index is 1150. The fraction of sp³-hybridized carbons (Fsp3) is 0.529. The van der Waals surface area contributed by atoms with Crippen molar-refractivity contribution in [2.45, 2.75) is 90.1 Å². The minimum Gasteiger partial charge on any atom is -0.366 e. The number of nitrogens with zero attached hydrogens (tertiary/aromatic N) is 2. The third-order valence-corrected chi connectivity index (χ3v) is 7.82. The van der Waals surface area contributed by atoms with Crippen LogP contribution in [0.15, 0.2) is 58.5 Å². The van der Waals surface area contributed by atoms with Crippen molar-refractivity contribution in [3.05, 3.63) is 59.7 Å². The number of anilines is 2. The van der Waals surface area contributed by atoms with Gasteiger partial charge >= 0.3 is 12.1 Å². The number of urea groups is 2. The summed E-state index contributed by atoms with van der Waals surface area (Å²) in [7, 11) is 0. The van der Waals surface area contributed by atoms with Crippen LogP contribution in [0, 0.1) is 0 Å². The van der Waals surface area contributed by atoms with Gasteiger partial charge in [0.1, 0.15) is 11.7 Å². The van der Waals surface area contributed by atoms with Gasteiger partial charge in [0.2, 0.25) is 0 Å². The van der Waals surface area contributed by atoms with Gasteiger partial charge in [-0.2, -0.15) is 0 Å². The number of carbonyl (C=O) groups is 2. The van der Waals surface area contributed by atoms with E-state index in [4.69, 9.17) is 0 Å². The number of rotatable bonds is 17. The summed E-state index contributed by atoms with van der Waals surface area (Å²) >= 11 is 0. The fourth-order valence-electron chi connectivity index (χ4n) is 5.30. The molecule has 0 bridgehead atoms. The summed E-state index contributed by atoms with van der Waals surface area (Å²) in [5.74, 6) is 1.84. The SMILES string of the molecule is CC1CN=C(c2ccc(NC(=O)NCCCCCCCCCCCCNC(=O)Nc3ccc(C4=NCC(C)N4)cc3)cc2)N1. The zero-order chi connectivity index (χ0) is 31.0. The highest BCUT2D eigenvalue weighted by Gasteiger charge is 2.15. The molecule has 0 spiro atoms. The van der Waals surface area contributed by atoms with Crippen LogP contribution >= 0.6 is 0 Å². The molecule has 2 aromatic rings. The van der Waals surface area contributed by atoms with E-state index in [1.54, 1.807) is 0 Å². The monoisotopic (exact) mass is 602 g/mol. The molecule has 0 saturated heterocycles. The molecular weight excluding hydrogens is 552 g/mol. The molecule has 0 aromatic heterocycles. The van der Waals surface area contributed by atoms with Gasteiger partial charge in [0.15, 0.2) is 0 Å². The van der Waals surface area contributed by atoms with Crippen molar-refractivity contribution in [2.75, 3.05) is 36.8 Å². The Morgan fingerprint density at radius 3 is 1.25 bits per heavy atom. The van der Waals surface area contributed by atoms with Gasteiger partial charge in [-0.1, -0.05) is 51.4 Å². The standard InChI is InChI=1S/C34H50N8O2/c1-25-23-37-31(39-25)27-13-17-29(18-14-27)41-33(43)35-21-11-9-7-5-3-4-6-8-10-12-22-36-34(44)42-30-19-15-28(16-20-30)32-38-24-26(2)40-32/h13-20,25-26H,3-12,21-24H2,1-2H3,(H,37,39)(H,38,40)(H2,35,41,43)(H2,36,42,44). The average Bonchev–Trinajstić information content (AvgIpc) is 3.66. The van der Waals surface area contributed by atoms with Crippen LogP contribution in [0.2, 0.25) is 0 Å². The van der Waals surface area contributed by atoms with Crippen LogP contribution in [0.1, 0.15) is 89.2 Å². The molecule has 44 heavy (non-hydrogen) atoms. The van der Waals surface area contributed by atoms with Crippen LogP contribution in [-0.2, 0) is 0 Å². The normalized spacial score (nSPS) is 17.2. The maximum absolute atomic E-state index is 12.2. The Hall–Kier alpha value is -4.08. The van der Waals surface area contributed by atoms with Gasteiger partial charge in [0.05, 0.1) is 13.1 Å². The molecule has 2 unspecified atom stereocenters. The summed E-state index contributed by atoms with van der Waals surface area (Å²) in [5.41, 5.74) is 3.63. The van der Waals surface area contributed by atoms with Crippen LogP contribution in [0.3, 0.4) is 0 Å². The van der Waals surface area contributed by atoms with Gasteiger partial charge in [-0.05, 0) is 75.2 Å². The predicted octanol–water partition coefficient (Wildman–Crippen LogP) is 6.01. The zero-order valence-corrected chi connectivity index (χ0v) is 26.4. The number of carbonyl (C=O) groups excluding carboxylic acids is 2. The first kappa shape index (κ1) is 32.8. The molecule has 0 fully saturated rings. The molecular formula is C34H50N8O2. The molecule has 2 aliphatic heterocycles. The number of nitrogens with one attached hydrogen (secondary N) is 6. The lowest BCUT2D eigenvalue weighted by atomic mass is 10.1. The average molecular weight is 603 g/mol. The maximum atomic E-state index is 12.2. The van der Waals surface area contributed by atoms with Gasteiger partial charge in [-0.3, -0.25) is 9.98 Å². The molecule has 2 aliphatic rings. The molecule has 4 amide bonds. The van der Waals surface area contributed by atoms with Crippen molar-refractivity contribution in [3.63, 3.8) is 0 Å². The van der Waals surface area contributed by atoms with Crippen molar-refractivity contribution >= 4 is 35.1 Å². The Balaban J connectivity index is 0.909. The topological polar surface area (TPSA) is 131 Å². The third kappa shape index (κ3) is 11.5. The first-order valence-electron chi connectivity index (χ1n) is 16.4. The number of aliphatic imine (C=N–C) groups is 2. The largest absolute Gasteiger partial charge is 0.366 e. The van der Waals surface area contributed by atoms with Crippen LogP contribution < -0.4 is 31.9 Å².